The molecule has 0 aromatic carbocycles. The van der Waals surface area contributed by atoms with Crippen LogP contribution in [0, 0.1) is 11.8 Å². The molecule has 1 heterocycles. The van der Waals surface area contributed by atoms with Crippen molar-refractivity contribution in [3.05, 3.63) is 30.1 Å². The van der Waals surface area contributed by atoms with E-state index in [0.29, 0.717) is 5.88 Å². The third-order valence-electron chi connectivity index (χ3n) is 1.35. The minimum absolute atomic E-state index is 0.686. The van der Waals surface area contributed by atoms with Gasteiger partial charge in [-0.1, -0.05) is 11.8 Å². The first kappa shape index (κ1) is 9.09. The van der Waals surface area contributed by atoms with Gasteiger partial charge in [0.05, 0.1) is 0 Å². The lowest BCUT2D eigenvalue weighted by Gasteiger charge is -1.86. The van der Waals surface area contributed by atoms with Crippen molar-refractivity contribution in [3.8, 4) is 11.8 Å². The minimum atomic E-state index is 0.686. The molecule has 0 aliphatic heterocycles. The van der Waals surface area contributed by atoms with Crippen molar-refractivity contribution >= 4 is 11.6 Å². The highest BCUT2D eigenvalue weighted by molar-refractivity contribution is 6.17. The zero-order valence-electron chi connectivity index (χ0n) is 6.76. The summed E-state index contributed by atoms with van der Waals surface area (Å²) in [6.45, 7) is 0. The van der Waals surface area contributed by atoms with E-state index in [0.717, 1.165) is 18.4 Å². The number of unbranched alkanes of at least 4 members (excludes halogenated alkanes) is 1. The summed E-state index contributed by atoms with van der Waals surface area (Å²) in [7, 11) is 0. The first-order valence-electron chi connectivity index (χ1n) is 3.88. The van der Waals surface area contributed by atoms with Crippen LogP contribution in [-0.2, 0) is 0 Å². The highest BCUT2D eigenvalue weighted by Crippen LogP contribution is 1.94. The summed E-state index contributed by atoms with van der Waals surface area (Å²) in [4.78, 5) is 3.90. The smallest absolute Gasteiger partial charge is 0.0280 e. The number of pyridine rings is 1. The Labute approximate surface area is 77.8 Å². The molecule has 1 rings (SSSR count). The lowest BCUT2D eigenvalue weighted by molar-refractivity contribution is 0.991. The Kier molecular flexibility index (Phi) is 4.26. The van der Waals surface area contributed by atoms with Gasteiger partial charge in [0, 0.05) is 30.3 Å². The summed E-state index contributed by atoms with van der Waals surface area (Å²) in [6, 6.07) is 3.79. The summed E-state index contributed by atoms with van der Waals surface area (Å²) >= 11 is 5.51. The van der Waals surface area contributed by atoms with Crippen LogP contribution in [0.2, 0.25) is 0 Å². The summed E-state index contributed by atoms with van der Waals surface area (Å²) in [5, 5.41) is 0. The molecule has 0 aliphatic carbocycles. The Hall–Kier alpha value is -1.00. The van der Waals surface area contributed by atoms with E-state index < -0.39 is 0 Å². The van der Waals surface area contributed by atoms with E-state index in [-0.39, 0.29) is 0 Å². The molecule has 2 heteroatoms. The molecule has 0 bridgehead atoms. The molecule has 0 saturated heterocycles. The molecule has 1 nitrogen and oxygen atoms in total. The molecule has 0 fully saturated rings. The van der Waals surface area contributed by atoms with E-state index in [1.165, 1.54) is 0 Å². The van der Waals surface area contributed by atoms with Crippen molar-refractivity contribution in [2.45, 2.75) is 12.8 Å². The number of alkyl halides is 1. The van der Waals surface area contributed by atoms with Gasteiger partial charge in [-0.05, 0) is 18.6 Å². The number of rotatable bonds is 2. The minimum Gasteiger partial charge on any atom is -0.265 e. The zero-order valence-corrected chi connectivity index (χ0v) is 7.51. The average Bonchev–Trinajstić information content (AvgIpc) is 2.14. The van der Waals surface area contributed by atoms with Crippen molar-refractivity contribution < 1.29 is 0 Å². The highest BCUT2D eigenvalue weighted by Gasteiger charge is 1.81. The second-order valence-electron chi connectivity index (χ2n) is 2.33. The summed E-state index contributed by atoms with van der Waals surface area (Å²) in [5.41, 5.74) is 1.01. The van der Waals surface area contributed by atoms with E-state index in [2.05, 4.69) is 16.8 Å². The molecule has 0 saturated carbocycles. The number of hydrogen-bond acceptors (Lipinski definition) is 1. The summed E-state index contributed by atoms with van der Waals surface area (Å²) < 4.78 is 0. The Bertz CT molecular complexity index is 271. The Morgan fingerprint density at radius 2 is 2.08 bits per heavy atom. The monoisotopic (exact) mass is 179 g/mol. The first-order valence-corrected chi connectivity index (χ1v) is 4.42. The molecular formula is C10H10ClN. The average molecular weight is 180 g/mol. The molecule has 0 amide bonds. The van der Waals surface area contributed by atoms with Crippen LogP contribution >= 0.6 is 11.6 Å². The largest absolute Gasteiger partial charge is 0.265 e. The van der Waals surface area contributed by atoms with Crippen molar-refractivity contribution in [2.24, 2.45) is 0 Å². The van der Waals surface area contributed by atoms with Gasteiger partial charge in [-0.2, -0.15) is 0 Å². The van der Waals surface area contributed by atoms with E-state index in [1.54, 1.807) is 12.4 Å². The maximum Gasteiger partial charge on any atom is 0.0280 e. The molecule has 1 aromatic heterocycles. The molecule has 0 unspecified atom stereocenters. The third kappa shape index (κ3) is 3.41. The van der Waals surface area contributed by atoms with Crippen molar-refractivity contribution in [2.75, 3.05) is 5.88 Å². The van der Waals surface area contributed by atoms with Gasteiger partial charge in [0.2, 0.25) is 0 Å². The fourth-order valence-corrected chi connectivity index (χ4v) is 0.889. The van der Waals surface area contributed by atoms with Crippen molar-refractivity contribution in [3.63, 3.8) is 0 Å². The molecule has 0 radical (unpaired) electrons. The van der Waals surface area contributed by atoms with Crippen LogP contribution in [0.15, 0.2) is 24.5 Å². The first-order chi connectivity index (χ1) is 5.93. The van der Waals surface area contributed by atoms with Crippen LogP contribution < -0.4 is 0 Å². The van der Waals surface area contributed by atoms with Gasteiger partial charge in [-0.25, -0.2) is 0 Å². The molecule has 62 valence electrons. The molecule has 0 spiro atoms. The Morgan fingerprint density at radius 3 is 2.75 bits per heavy atom. The summed E-state index contributed by atoms with van der Waals surface area (Å²) in [5.74, 6) is 6.76. The molecule has 0 atom stereocenters. The molecule has 0 N–H and O–H groups in total. The summed E-state index contributed by atoms with van der Waals surface area (Å²) in [6.07, 6.45) is 5.31. The normalized spacial score (nSPS) is 8.75. The lowest BCUT2D eigenvalue weighted by Crippen LogP contribution is -1.75. The Balaban J connectivity index is 2.44. The lowest BCUT2D eigenvalue weighted by atomic mass is 10.2. The fourth-order valence-electron chi connectivity index (χ4n) is 0.755. The predicted molar refractivity (Wildman–Crippen MR) is 51.1 cm³/mol. The highest BCUT2D eigenvalue weighted by atomic mass is 35.5. The van der Waals surface area contributed by atoms with Crippen molar-refractivity contribution in [1.29, 1.82) is 0 Å². The van der Waals surface area contributed by atoms with Gasteiger partial charge >= 0.3 is 0 Å². The standard InChI is InChI=1S/C10H10ClN/c11-7-3-1-2-4-10-5-8-12-9-6-10/h5-6,8-9H,1,3,7H2. The number of halogens is 1. The quantitative estimate of drug-likeness (QED) is 0.386. The maximum absolute atomic E-state index is 5.51. The van der Waals surface area contributed by atoms with E-state index in [1.807, 2.05) is 12.1 Å². The number of hydrogen-bond donors (Lipinski definition) is 0. The van der Waals surface area contributed by atoms with Crippen LogP contribution in [0.1, 0.15) is 18.4 Å². The Morgan fingerprint density at radius 1 is 1.33 bits per heavy atom. The maximum atomic E-state index is 5.51. The van der Waals surface area contributed by atoms with E-state index >= 15 is 0 Å². The SMILES string of the molecule is ClCCCC#Cc1ccncc1. The van der Waals surface area contributed by atoms with Gasteiger partial charge in [0.25, 0.3) is 0 Å². The second kappa shape index (κ2) is 5.62. The third-order valence-corrected chi connectivity index (χ3v) is 1.62. The van der Waals surface area contributed by atoms with Crippen LogP contribution in [0.5, 0.6) is 0 Å². The topological polar surface area (TPSA) is 12.9 Å². The molecular weight excluding hydrogens is 170 g/mol. The van der Waals surface area contributed by atoms with E-state index in [9.17, 15) is 0 Å². The fraction of sp³-hybridized carbons (Fsp3) is 0.300. The van der Waals surface area contributed by atoms with Crippen LogP contribution in [0.25, 0.3) is 0 Å². The van der Waals surface area contributed by atoms with Crippen LogP contribution in [-0.4, -0.2) is 10.9 Å². The molecule has 12 heavy (non-hydrogen) atoms. The zero-order chi connectivity index (χ0) is 8.65. The van der Waals surface area contributed by atoms with Crippen molar-refractivity contribution in [1.82, 2.24) is 4.98 Å². The number of nitrogens with zero attached hydrogens (tertiary/aromatic N) is 1. The number of aromatic nitrogens is 1. The predicted octanol–water partition coefficient (Wildman–Crippen LogP) is 2.45. The van der Waals surface area contributed by atoms with E-state index in [4.69, 9.17) is 11.6 Å². The van der Waals surface area contributed by atoms with Gasteiger partial charge in [0.15, 0.2) is 0 Å². The second-order valence-corrected chi connectivity index (χ2v) is 2.71. The van der Waals surface area contributed by atoms with Gasteiger partial charge in [-0.3, -0.25) is 4.98 Å². The van der Waals surface area contributed by atoms with Crippen LogP contribution in [0.4, 0.5) is 0 Å². The molecule has 0 aliphatic rings. The van der Waals surface area contributed by atoms with Gasteiger partial charge in [0.1, 0.15) is 0 Å². The van der Waals surface area contributed by atoms with Gasteiger partial charge in [-0.15, -0.1) is 11.6 Å². The van der Waals surface area contributed by atoms with Gasteiger partial charge < -0.3 is 0 Å². The van der Waals surface area contributed by atoms with Crippen LogP contribution in [0.3, 0.4) is 0 Å². The molecule has 1 aromatic rings.